The van der Waals surface area contributed by atoms with Crippen LogP contribution in [0.5, 0.6) is 5.75 Å². The summed E-state index contributed by atoms with van der Waals surface area (Å²) < 4.78 is 10.9. The van der Waals surface area contributed by atoms with E-state index in [1.54, 1.807) is 6.20 Å². The van der Waals surface area contributed by atoms with Gasteiger partial charge in [0.2, 0.25) is 5.91 Å². The van der Waals surface area contributed by atoms with E-state index in [0.29, 0.717) is 26.0 Å². The molecule has 6 nitrogen and oxygen atoms in total. The summed E-state index contributed by atoms with van der Waals surface area (Å²) in [4.78, 5) is 16.3. The summed E-state index contributed by atoms with van der Waals surface area (Å²) in [6.07, 6.45) is 2.77. The minimum Gasteiger partial charge on any atom is -0.489 e. The van der Waals surface area contributed by atoms with E-state index >= 15 is 0 Å². The van der Waals surface area contributed by atoms with Gasteiger partial charge in [0.1, 0.15) is 23.6 Å². The van der Waals surface area contributed by atoms with Crippen LogP contribution in [0.1, 0.15) is 23.4 Å². The van der Waals surface area contributed by atoms with Crippen LogP contribution in [0, 0.1) is 13.8 Å². The highest BCUT2D eigenvalue weighted by Crippen LogP contribution is 2.22. The number of para-hydroxylation sites is 1. The number of rotatable bonds is 7. The Balaban J connectivity index is 1.44. The number of hydrogen-bond acceptors (Lipinski definition) is 5. The average molecular weight is 339 g/mol. The second-order valence-corrected chi connectivity index (χ2v) is 5.83. The van der Waals surface area contributed by atoms with E-state index < -0.39 is 0 Å². The summed E-state index contributed by atoms with van der Waals surface area (Å²) in [5.74, 6) is 1.49. The van der Waals surface area contributed by atoms with Gasteiger partial charge in [-0.3, -0.25) is 9.78 Å². The number of benzene rings is 1. The van der Waals surface area contributed by atoms with Crippen LogP contribution in [0.25, 0.3) is 10.9 Å². The third-order valence-electron chi connectivity index (χ3n) is 4.06. The lowest BCUT2D eigenvalue weighted by molar-refractivity contribution is -0.121. The standard InChI is InChI=1S/C19H21N3O3/c1-13-16(14(2)25-22-13)8-9-18(23)20-11-12-24-17-7-3-5-15-6-4-10-21-19(15)17/h3-7,10H,8-9,11-12H2,1-2H3,(H,20,23). The van der Waals surface area contributed by atoms with Crippen molar-refractivity contribution in [3.8, 4) is 5.75 Å². The van der Waals surface area contributed by atoms with Crippen molar-refractivity contribution >= 4 is 16.8 Å². The normalized spacial score (nSPS) is 10.8. The number of ether oxygens (including phenoxy) is 1. The smallest absolute Gasteiger partial charge is 0.220 e. The quantitative estimate of drug-likeness (QED) is 0.670. The molecule has 0 bridgehead atoms. The SMILES string of the molecule is Cc1noc(C)c1CCC(=O)NCCOc1cccc2cccnc12. The summed E-state index contributed by atoms with van der Waals surface area (Å²) >= 11 is 0. The Hall–Kier alpha value is -2.89. The van der Waals surface area contributed by atoms with Gasteiger partial charge in [-0.25, -0.2) is 0 Å². The Morgan fingerprint density at radius 2 is 2.08 bits per heavy atom. The van der Waals surface area contributed by atoms with Gasteiger partial charge in [-0.2, -0.15) is 0 Å². The molecule has 2 aromatic heterocycles. The van der Waals surface area contributed by atoms with Crippen molar-refractivity contribution in [2.45, 2.75) is 26.7 Å². The van der Waals surface area contributed by atoms with Crippen LogP contribution < -0.4 is 10.1 Å². The monoisotopic (exact) mass is 339 g/mol. The lowest BCUT2D eigenvalue weighted by Gasteiger charge is -2.09. The fraction of sp³-hybridized carbons (Fsp3) is 0.316. The Morgan fingerprint density at radius 3 is 2.88 bits per heavy atom. The van der Waals surface area contributed by atoms with Crippen LogP contribution >= 0.6 is 0 Å². The van der Waals surface area contributed by atoms with E-state index in [1.165, 1.54) is 0 Å². The van der Waals surface area contributed by atoms with E-state index in [-0.39, 0.29) is 5.91 Å². The lowest BCUT2D eigenvalue weighted by atomic mass is 10.1. The molecular formula is C19H21N3O3. The van der Waals surface area contributed by atoms with Gasteiger partial charge in [0.05, 0.1) is 12.2 Å². The maximum Gasteiger partial charge on any atom is 0.220 e. The summed E-state index contributed by atoms with van der Waals surface area (Å²) in [6.45, 7) is 4.59. The maximum atomic E-state index is 12.0. The first-order valence-corrected chi connectivity index (χ1v) is 8.30. The fourth-order valence-corrected chi connectivity index (χ4v) is 2.73. The van der Waals surface area contributed by atoms with Gasteiger partial charge >= 0.3 is 0 Å². The first-order valence-electron chi connectivity index (χ1n) is 8.30. The molecule has 1 N–H and O–H groups in total. The number of amides is 1. The van der Waals surface area contributed by atoms with Crippen molar-refractivity contribution in [2.24, 2.45) is 0 Å². The molecule has 0 spiro atoms. The highest BCUT2D eigenvalue weighted by Gasteiger charge is 2.11. The zero-order chi connectivity index (χ0) is 17.6. The van der Waals surface area contributed by atoms with Crippen LogP contribution in [0.4, 0.5) is 0 Å². The minimum absolute atomic E-state index is 0.0142. The van der Waals surface area contributed by atoms with Crippen molar-refractivity contribution in [1.82, 2.24) is 15.5 Å². The Bertz CT molecular complexity index is 848. The minimum atomic E-state index is -0.0142. The molecule has 0 fully saturated rings. The molecular weight excluding hydrogens is 318 g/mol. The van der Waals surface area contributed by atoms with Crippen molar-refractivity contribution in [2.75, 3.05) is 13.2 Å². The van der Waals surface area contributed by atoms with Crippen LogP contribution in [-0.2, 0) is 11.2 Å². The molecule has 6 heteroatoms. The summed E-state index contributed by atoms with van der Waals surface area (Å²) in [6, 6.07) is 9.69. The molecule has 0 atom stereocenters. The molecule has 3 aromatic rings. The first kappa shape index (κ1) is 17.0. The molecule has 0 aliphatic heterocycles. The van der Waals surface area contributed by atoms with Crippen LogP contribution in [0.2, 0.25) is 0 Å². The number of nitrogens with zero attached hydrogens (tertiary/aromatic N) is 2. The highest BCUT2D eigenvalue weighted by molar-refractivity contribution is 5.84. The molecule has 130 valence electrons. The third kappa shape index (κ3) is 4.15. The van der Waals surface area contributed by atoms with E-state index in [4.69, 9.17) is 9.26 Å². The molecule has 1 aromatic carbocycles. The number of aromatic nitrogens is 2. The Morgan fingerprint density at radius 1 is 1.24 bits per heavy atom. The van der Waals surface area contributed by atoms with Gasteiger partial charge in [-0.1, -0.05) is 23.4 Å². The molecule has 0 saturated carbocycles. The van der Waals surface area contributed by atoms with Gasteiger partial charge in [0.25, 0.3) is 0 Å². The Labute approximate surface area is 146 Å². The average Bonchev–Trinajstić information content (AvgIpc) is 2.95. The summed E-state index contributed by atoms with van der Waals surface area (Å²) in [5, 5.41) is 7.79. The lowest BCUT2D eigenvalue weighted by Crippen LogP contribution is -2.28. The van der Waals surface area contributed by atoms with E-state index in [1.807, 2.05) is 44.2 Å². The second kappa shape index (κ2) is 7.79. The summed E-state index contributed by atoms with van der Waals surface area (Å²) in [5.41, 5.74) is 2.68. The van der Waals surface area contributed by atoms with Gasteiger partial charge in [0.15, 0.2) is 0 Å². The van der Waals surface area contributed by atoms with Crippen molar-refractivity contribution in [1.29, 1.82) is 0 Å². The molecule has 0 saturated heterocycles. The zero-order valence-electron chi connectivity index (χ0n) is 14.4. The predicted octanol–water partition coefficient (Wildman–Crippen LogP) is 2.97. The Kier molecular flexibility index (Phi) is 5.28. The predicted molar refractivity (Wildman–Crippen MR) is 94.5 cm³/mol. The van der Waals surface area contributed by atoms with Crippen LogP contribution in [0.3, 0.4) is 0 Å². The molecule has 0 aliphatic rings. The van der Waals surface area contributed by atoms with E-state index in [9.17, 15) is 4.79 Å². The number of nitrogens with one attached hydrogen (secondary N) is 1. The molecule has 0 unspecified atom stereocenters. The van der Waals surface area contributed by atoms with Crippen LogP contribution in [0.15, 0.2) is 41.1 Å². The molecule has 0 radical (unpaired) electrons. The first-order chi connectivity index (χ1) is 12.1. The van der Waals surface area contributed by atoms with Gasteiger partial charge in [-0.15, -0.1) is 0 Å². The second-order valence-electron chi connectivity index (χ2n) is 5.83. The number of fused-ring (bicyclic) bond motifs is 1. The number of aryl methyl sites for hydroxylation is 2. The van der Waals surface area contributed by atoms with Crippen molar-refractivity contribution in [3.63, 3.8) is 0 Å². The van der Waals surface area contributed by atoms with Gasteiger partial charge in [-0.05, 0) is 32.4 Å². The molecule has 2 heterocycles. The van der Waals surface area contributed by atoms with Crippen molar-refractivity contribution in [3.05, 3.63) is 53.5 Å². The van der Waals surface area contributed by atoms with Gasteiger partial charge in [0, 0.05) is 23.6 Å². The van der Waals surface area contributed by atoms with Crippen LogP contribution in [-0.4, -0.2) is 29.2 Å². The number of carbonyl (C=O) groups is 1. The molecule has 0 aliphatic carbocycles. The van der Waals surface area contributed by atoms with E-state index in [0.717, 1.165) is 33.7 Å². The zero-order valence-corrected chi connectivity index (χ0v) is 14.4. The molecule has 3 rings (SSSR count). The molecule has 25 heavy (non-hydrogen) atoms. The molecule has 1 amide bonds. The van der Waals surface area contributed by atoms with Gasteiger partial charge < -0.3 is 14.6 Å². The topological polar surface area (TPSA) is 77.2 Å². The number of pyridine rings is 1. The number of carbonyl (C=O) groups excluding carboxylic acids is 1. The number of hydrogen-bond donors (Lipinski definition) is 1. The largest absolute Gasteiger partial charge is 0.489 e. The van der Waals surface area contributed by atoms with Crippen molar-refractivity contribution < 1.29 is 14.1 Å². The van der Waals surface area contributed by atoms with E-state index in [2.05, 4.69) is 15.5 Å². The maximum absolute atomic E-state index is 12.0. The fourth-order valence-electron chi connectivity index (χ4n) is 2.73. The summed E-state index contributed by atoms with van der Waals surface area (Å²) in [7, 11) is 0. The highest BCUT2D eigenvalue weighted by atomic mass is 16.5. The third-order valence-corrected chi connectivity index (χ3v) is 4.06.